The molecule has 4 heterocycles. The maximum Gasteiger partial charge on any atom is 0.290 e. The first-order valence-electron chi connectivity index (χ1n) is 10.00. The average Bonchev–Trinajstić information content (AvgIpc) is 3.05. The van der Waals surface area contributed by atoms with Crippen LogP contribution >= 0.6 is 23.4 Å². The van der Waals surface area contributed by atoms with E-state index in [1.165, 1.54) is 12.0 Å². The molecule has 2 aromatic heterocycles. The molecule has 0 bridgehead atoms. The van der Waals surface area contributed by atoms with E-state index >= 15 is 0 Å². The molecular weight excluding hydrogens is 422 g/mol. The molecule has 0 saturated carbocycles. The summed E-state index contributed by atoms with van der Waals surface area (Å²) in [7, 11) is 0. The van der Waals surface area contributed by atoms with Gasteiger partial charge in [-0.25, -0.2) is 15.0 Å². The van der Waals surface area contributed by atoms with Crippen LogP contribution in [0.25, 0.3) is 6.08 Å². The van der Waals surface area contributed by atoms with Gasteiger partial charge in [-0.05, 0) is 79.6 Å². The summed E-state index contributed by atoms with van der Waals surface area (Å²) in [6.07, 6.45) is 10.7. The number of halogens is 1. The molecule has 0 aromatic carbocycles. The van der Waals surface area contributed by atoms with Crippen LogP contribution in [0.3, 0.4) is 0 Å². The Balaban J connectivity index is 1.28. The second-order valence-corrected chi connectivity index (χ2v) is 8.85. The van der Waals surface area contributed by atoms with Crippen LogP contribution in [0.4, 0.5) is 10.7 Å². The fraction of sp³-hybridized carbons (Fsp3) is 0.381. The molecule has 2 aromatic rings. The Hall–Kier alpha value is -2.45. The lowest BCUT2D eigenvalue weighted by Crippen LogP contribution is -2.35. The van der Waals surface area contributed by atoms with Crippen LogP contribution < -0.4 is 10.2 Å². The first-order chi connectivity index (χ1) is 14.6. The standard InChI is InChI=1S/C21H22ClN5O2S/c22-18-12-15(4-8-23-18)3-1-2-14-6-10-27(11-7-14)20-24-9-5-16(25-20)13-17-19(28)26-21(29)30-17/h4-5,8-9,12-14H,1-3,6-7,10-11H2,(H,26,28,29)/b17-13-. The summed E-state index contributed by atoms with van der Waals surface area (Å²) in [5, 5.41) is 2.45. The molecule has 7 nitrogen and oxygen atoms in total. The predicted molar refractivity (Wildman–Crippen MR) is 118 cm³/mol. The molecule has 0 spiro atoms. The smallest absolute Gasteiger partial charge is 0.290 e. The van der Waals surface area contributed by atoms with E-state index in [2.05, 4.69) is 25.2 Å². The van der Waals surface area contributed by atoms with Gasteiger partial charge >= 0.3 is 0 Å². The Morgan fingerprint density at radius 3 is 2.73 bits per heavy atom. The van der Waals surface area contributed by atoms with Crippen LogP contribution in [-0.2, 0) is 11.2 Å². The van der Waals surface area contributed by atoms with Crippen molar-refractivity contribution in [3.8, 4) is 0 Å². The van der Waals surface area contributed by atoms with Crippen LogP contribution in [0.5, 0.6) is 0 Å². The molecule has 2 aliphatic rings. The van der Waals surface area contributed by atoms with Crippen LogP contribution in [0.2, 0.25) is 5.15 Å². The largest absolute Gasteiger partial charge is 0.341 e. The van der Waals surface area contributed by atoms with Crippen molar-refractivity contribution in [1.82, 2.24) is 20.3 Å². The van der Waals surface area contributed by atoms with Gasteiger partial charge in [0.15, 0.2) is 0 Å². The minimum absolute atomic E-state index is 0.352. The lowest BCUT2D eigenvalue weighted by atomic mass is 9.91. The van der Waals surface area contributed by atoms with Gasteiger partial charge < -0.3 is 4.90 Å². The number of thioether (sulfide) groups is 1. The summed E-state index contributed by atoms with van der Waals surface area (Å²) in [5.41, 5.74) is 1.87. The van der Waals surface area contributed by atoms with Gasteiger partial charge in [-0.2, -0.15) is 0 Å². The van der Waals surface area contributed by atoms with E-state index in [-0.39, 0.29) is 11.1 Å². The number of anilines is 1. The Morgan fingerprint density at radius 2 is 2.00 bits per heavy atom. The maximum absolute atomic E-state index is 11.7. The molecule has 2 fully saturated rings. The number of hydrogen-bond acceptors (Lipinski definition) is 7. The molecule has 156 valence electrons. The quantitative estimate of drug-likeness (QED) is 0.531. The first-order valence-corrected chi connectivity index (χ1v) is 11.2. The lowest BCUT2D eigenvalue weighted by Gasteiger charge is -2.32. The SMILES string of the molecule is O=C1NC(=O)/C(=C/c2ccnc(N3CCC(CCCc4ccnc(Cl)c4)CC3)n2)S1. The number of nitrogens with one attached hydrogen (secondary N) is 1. The van der Waals surface area contributed by atoms with Crippen molar-refractivity contribution < 1.29 is 9.59 Å². The van der Waals surface area contributed by atoms with Crippen molar-refractivity contribution >= 4 is 46.5 Å². The molecule has 2 aliphatic heterocycles. The third-order valence-corrected chi connectivity index (χ3v) is 6.37. The average molecular weight is 444 g/mol. The number of nitrogens with zero attached hydrogens (tertiary/aromatic N) is 4. The number of aromatic nitrogens is 3. The van der Waals surface area contributed by atoms with E-state index in [1.807, 2.05) is 12.1 Å². The van der Waals surface area contributed by atoms with Gasteiger partial charge in [-0.1, -0.05) is 11.6 Å². The summed E-state index contributed by atoms with van der Waals surface area (Å²) >= 11 is 6.84. The highest BCUT2D eigenvalue weighted by Gasteiger charge is 2.25. The Labute approximate surface area is 184 Å². The summed E-state index contributed by atoms with van der Waals surface area (Å²) in [4.78, 5) is 38.6. The molecule has 1 N–H and O–H groups in total. The number of imide groups is 1. The Morgan fingerprint density at radius 1 is 1.20 bits per heavy atom. The fourth-order valence-corrected chi connectivity index (χ4v) is 4.63. The number of amides is 2. The predicted octanol–water partition coefficient (Wildman–Crippen LogP) is 4.09. The van der Waals surface area contributed by atoms with Crippen molar-refractivity contribution in [2.75, 3.05) is 18.0 Å². The van der Waals surface area contributed by atoms with Crippen LogP contribution in [-0.4, -0.2) is 39.2 Å². The number of piperidine rings is 1. The third kappa shape index (κ3) is 5.37. The van der Waals surface area contributed by atoms with Crippen molar-refractivity contribution in [2.24, 2.45) is 5.92 Å². The highest BCUT2D eigenvalue weighted by molar-refractivity contribution is 8.18. The molecule has 0 aliphatic carbocycles. The van der Waals surface area contributed by atoms with Crippen LogP contribution in [0.1, 0.15) is 36.9 Å². The van der Waals surface area contributed by atoms with E-state index in [1.54, 1.807) is 24.5 Å². The number of aryl methyl sites for hydroxylation is 1. The molecule has 2 amide bonds. The summed E-state index contributed by atoms with van der Waals surface area (Å²) in [6.45, 7) is 1.83. The molecular formula is C21H22ClN5O2S. The van der Waals surface area contributed by atoms with Crippen molar-refractivity contribution in [2.45, 2.75) is 32.1 Å². The van der Waals surface area contributed by atoms with E-state index < -0.39 is 0 Å². The second kappa shape index (κ2) is 9.57. The molecule has 0 unspecified atom stereocenters. The lowest BCUT2D eigenvalue weighted by molar-refractivity contribution is -0.115. The first kappa shape index (κ1) is 20.8. The molecule has 4 rings (SSSR count). The van der Waals surface area contributed by atoms with Gasteiger partial charge in [0.1, 0.15) is 5.15 Å². The zero-order valence-corrected chi connectivity index (χ0v) is 18.0. The minimum Gasteiger partial charge on any atom is -0.341 e. The van der Waals surface area contributed by atoms with Crippen molar-refractivity contribution in [1.29, 1.82) is 0 Å². The molecule has 9 heteroatoms. The monoisotopic (exact) mass is 443 g/mol. The van der Waals surface area contributed by atoms with Gasteiger partial charge in [0.2, 0.25) is 5.95 Å². The third-order valence-electron chi connectivity index (χ3n) is 5.35. The van der Waals surface area contributed by atoms with E-state index in [0.29, 0.717) is 27.6 Å². The van der Waals surface area contributed by atoms with Gasteiger partial charge in [0, 0.05) is 25.5 Å². The molecule has 30 heavy (non-hydrogen) atoms. The number of carbonyl (C=O) groups excluding carboxylic acids is 2. The van der Waals surface area contributed by atoms with Crippen LogP contribution in [0.15, 0.2) is 35.5 Å². The summed E-state index contributed by atoms with van der Waals surface area (Å²) < 4.78 is 0. The zero-order chi connectivity index (χ0) is 20.9. The van der Waals surface area contributed by atoms with Crippen molar-refractivity contribution in [3.05, 3.63) is 51.9 Å². The highest BCUT2D eigenvalue weighted by Crippen LogP contribution is 2.27. The number of rotatable bonds is 6. The Kier molecular flexibility index (Phi) is 6.64. The number of hydrogen-bond donors (Lipinski definition) is 1. The second-order valence-electron chi connectivity index (χ2n) is 7.44. The van der Waals surface area contributed by atoms with E-state index in [0.717, 1.165) is 50.5 Å². The highest BCUT2D eigenvalue weighted by atomic mass is 35.5. The van der Waals surface area contributed by atoms with Gasteiger partial charge in [0.25, 0.3) is 11.1 Å². The molecule has 0 atom stereocenters. The van der Waals surface area contributed by atoms with Crippen LogP contribution in [0, 0.1) is 5.92 Å². The number of carbonyl (C=O) groups is 2. The fourth-order valence-electron chi connectivity index (χ4n) is 3.76. The van der Waals surface area contributed by atoms with Crippen molar-refractivity contribution in [3.63, 3.8) is 0 Å². The van der Waals surface area contributed by atoms with E-state index in [4.69, 9.17) is 11.6 Å². The minimum atomic E-state index is -0.375. The van der Waals surface area contributed by atoms with E-state index in [9.17, 15) is 9.59 Å². The maximum atomic E-state index is 11.7. The topological polar surface area (TPSA) is 88.1 Å². The Bertz CT molecular complexity index is 975. The van der Waals surface area contributed by atoms with Gasteiger partial charge in [-0.3, -0.25) is 14.9 Å². The summed E-state index contributed by atoms with van der Waals surface area (Å²) in [6, 6.07) is 5.70. The normalized spacial score (nSPS) is 18.8. The van der Waals surface area contributed by atoms with Gasteiger partial charge in [-0.15, -0.1) is 0 Å². The molecule has 2 saturated heterocycles. The zero-order valence-electron chi connectivity index (χ0n) is 16.4. The summed E-state index contributed by atoms with van der Waals surface area (Å²) in [5.74, 6) is 0.998. The van der Waals surface area contributed by atoms with Gasteiger partial charge in [0.05, 0.1) is 10.6 Å². The number of pyridine rings is 1. The molecule has 0 radical (unpaired) electrons.